The third kappa shape index (κ3) is 3.47. The Morgan fingerprint density at radius 3 is 2.52 bits per heavy atom. The summed E-state index contributed by atoms with van der Waals surface area (Å²) in [6, 6.07) is 13.9. The van der Waals surface area contributed by atoms with E-state index in [0.29, 0.717) is 5.75 Å². The molecule has 0 aliphatic rings. The Balaban J connectivity index is 1.87. The van der Waals surface area contributed by atoms with Crippen LogP contribution < -0.4 is 15.0 Å². The summed E-state index contributed by atoms with van der Waals surface area (Å²) < 4.78 is 46.1. The van der Waals surface area contributed by atoms with Gasteiger partial charge in [0.05, 0.1) is 29.9 Å². The van der Waals surface area contributed by atoms with Crippen molar-refractivity contribution >= 4 is 0 Å². The number of hydrogen-bond donors (Lipinski definition) is 1. The Bertz CT molecular complexity index is 1220. The molecule has 0 bridgehead atoms. The van der Waals surface area contributed by atoms with Crippen molar-refractivity contribution in [1.29, 1.82) is 0 Å². The lowest BCUT2D eigenvalue weighted by atomic mass is 10.0. The van der Waals surface area contributed by atoms with Crippen LogP contribution in [0.4, 0.5) is 8.78 Å². The first-order chi connectivity index (χ1) is 14.1. The molecule has 0 radical (unpaired) electrons. The van der Waals surface area contributed by atoms with E-state index in [1.165, 1.54) is 25.4 Å². The van der Waals surface area contributed by atoms with E-state index in [4.69, 9.17) is 14.0 Å². The van der Waals surface area contributed by atoms with Crippen LogP contribution in [0.1, 0.15) is 0 Å². The SMILES string of the molecule is COc1c(-c2cc(=O)[nH]o2)cc(F)c(-c2cccnc2Oc2ccccc2)c1F. The number of aromatic amines is 1. The van der Waals surface area contributed by atoms with Crippen LogP contribution in [0.2, 0.25) is 0 Å². The Morgan fingerprint density at radius 1 is 1.03 bits per heavy atom. The van der Waals surface area contributed by atoms with Gasteiger partial charge in [0, 0.05) is 6.20 Å². The van der Waals surface area contributed by atoms with Crippen molar-refractivity contribution in [3.05, 3.63) is 82.8 Å². The molecule has 0 fully saturated rings. The van der Waals surface area contributed by atoms with Gasteiger partial charge in [0.25, 0.3) is 5.56 Å². The predicted octanol–water partition coefficient (Wildman–Crippen LogP) is 4.78. The maximum absolute atomic E-state index is 15.3. The van der Waals surface area contributed by atoms with Crippen LogP contribution in [-0.2, 0) is 0 Å². The van der Waals surface area contributed by atoms with Crippen LogP contribution in [0.3, 0.4) is 0 Å². The minimum Gasteiger partial charge on any atom is -0.493 e. The number of rotatable bonds is 5. The highest BCUT2D eigenvalue weighted by molar-refractivity contribution is 5.77. The first kappa shape index (κ1) is 18.4. The molecule has 4 rings (SSSR count). The highest BCUT2D eigenvalue weighted by atomic mass is 19.1. The number of aromatic nitrogens is 2. The lowest BCUT2D eigenvalue weighted by Gasteiger charge is -2.15. The van der Waals surface area contributed by atoms with E-state index in [2.05, 4.69) is 10.1 Å². The summed E-state index contributed by atoms with van der Waals surface area (Å²) in [5, 5.41) is 2.08. The molecular formula is C21H14F2N2O4. The van der Waals surface area contributed by atoms with Crippen molar-refractivity contribution in [2.24, 2.45) is 0 Å². The fourth-order valence-corrected chi connectivity index (χ4v) is 2.91. The molecule has 29 heavy (non-hydrogen) atoms. The monoisotopic (exact) mass is 396 g/mol. The number of ether oxygens (including phenoxy) is 2. The van der Waals surface area contributed by atoms with E-state index in [-0.39, 0.29) is 34.1 Å². The Morgan fingerprint density at radius 2 is 1.83 bits per heavy atom. The highest BCUT2D eigenvalue weighted by Crippen LogP contribution is 2.42. The molecule has 4 aromatic rings. The number of nitrogens with zero attached hydrogens (tertiary/aromatic N) is 1. The van der Waals surface area contributed by atoms with Gasteiger partial charge in [-0.2, -0.15) is 5.16 Å². The fraction of sp³-hybridized carbons (Fsp3) is 0.0476. The van der Waals surface area contributed by atoms with Crippen molar-refractivity contribution in [2.75, 3.05) is 7.11 Å². The van der Waals surface area contributed by atoms with E-state index < -0.39 is 17.2 Å². The van der Waals surface area contributed by atoms with Crippen molar-refractivity contribution in [2.45, 2.75) is 0 Å². The summed E-state index contributed by atoms with van der Waals surface area (Å²) in [6.07, 6.45) is 1.46. The number of H-pyrrole nitrogens is 1. The zero-order chi connectivity index (χ0) is 20.4. The number of pyridine rings is 1. The molecule has 0 amide bonds. The van der Waals surface area contributed by atoms with E-state index in [1.54, 1.807) is 24.3 Å². The topological polar surface area (TPSA) is 77.4 Å². The van der Waals surface area contributed by atoms with Gasteiger partial charge in [0.15, 0.2) is 17.3 Å². The summed E-state index contributed by atoms with van der Waals surface area (Å²) in [5.74, 6) is -1.71. The van der Waals surface area contributed by atoms with Gasteiger partial charge < -0.3 is 14.0 Å². The standard InChI is InChI=1S/C21H14F2N2O4/c1-27-20-14(16-11-17(26)25-29-16)10-15(22)18(19(20)23)13-8-5-9-24-21(13)28-12-6-3-2-4-7-12/h2-11H,1H3,(H,25,26). The minimum atomic E-state index is -0.975. The van der Waals surface area contributed by atoms with Crippen LogP contribution in [0.25, 0.3) is 22.5 Å². The molecule has 0 atom stereocenters. The quantitative estimate of drug-likeness (QED) is 0.526. The van der Waals surface area contributed by atoms with Gasteiger partial charge in [0.2, 0.25) is 5.88 Å². The molecule has 2 aromatic heterocycles. The smallest absolute Gasteiger partial charge is 0.280 e. The Hall–Kier alpha value is -3.94. The second-order valence-electron chi connectivity index (χ2n) is 5.98. The molecular weight excluding hydrogens is 382 g/mol. The highest BCUT2D eigenvalue weighted by Gasteiger charge is 2.25. The van der Waals surface area contributed by atoms with Gasteiger partial charge in [-0.3, -0.25) is 4.79 Å². The first-order valence-corrected chi connectivity index (χ1v) is 8.51. The van der Waals surface area contributed by atoms with Gasteiger partial charge in [-0.1, -0.05) is 18.2 Å². The second-order valence-corrected chi connectivity index (χ2v) is 5.98. The molecule has 0 unspecified atom stereocenters. The maximum atomic E-state index is 15.3. The Kier molecular flexibility index (Phi) is 4.82. The molecule has 8 heteroatoms. The van der Waals surface area contributed by atoms with Crippen LogP contribution in [0, 0.1) is 11.6 Å². The fourth-order valence-electron chi connectivity index (χ4n) is 2.91. The first-order valence-electron chi connectivity index (χ1n) is 8.51. The second kappa shape index (κ2) is 7.59. The largest absolute Gasteiger partial charge is 0.493 e. The van der Waals surface area contributed by atoms with Crippen molar-refractivity contribution < 1.29 is 22.8 Å². The summed E-state index contributed by atoms with van der Waals surface area (Å²) in [6.45, 7) is 0. The van der Waals surface area contributed by atoms with E-state index in [1.807, 2.05) is 6.07 Å². The lowest BCUT2D eigenvalue weighted by molar-refractivity contribution is 0.380. The summed E-state index contributed by atoms with van der Waals surface area (Å²) in [7, 11) is 1.24. The third-order valence-corrected chi connectivity index (χ3v) is 4.16. The average molecular weight is 396 g/mol. The molecule has 0 spiro atoms. The molecule has 2 aromatic carbocycles. The molecule has 0 saturated heterocycles. The third-order valence-electron chi connectivity index (χ3n) is 4.16. The molecule has 2 heterocycles. The molecule has 0 saturated carbocycles. The lowest BCUT2D eigenvalue weighted by Crippen LogP contribution is -2.00. The predicted molar refractivity (Wildman–Crippen MR) is 101 cm³/mol. The van der Waals surface area contributed by atoms with Gasteiger partial charge in [-0.25, -0.2) is 13.8 Å². The number of benzene rings is 2. The molecule has 146 valence electrons. The number of nitrogens with one attached hydrogen (secondary N) is 1. The number of methoxy groups -OCH3 is 1. The van der Waals surface area contributed by atoms with Crippen molar-refractivity contribution in [1.82, 2.24) is 10.1 Å². The number of hydrogen-bond acceptors (Lipinski definition) is 5. The zero-order valence-electron chi connectivity index (χ0n) is 15.1. The van der Waals surface area contributed by atoms with Crippen molar-refractivity contribution in [3.63, 3.8) is 0 Å². The number of halogens is 2. The summed E-state index contributed by atoms with van der Waals surface area (Å²) in [5.41, 5.74) is -0.856. The van der Waals surface area contributed by atoms with Gasteiger partial charge in [-0.15, -0.1) is 0 Å². The van der Waals surface area contributed by atoms with Gasteiger partial charge in [-0.05, 0) is 30.3 Å². The van der Waals surface area contributed by atoms with Crippen molar-refractivity contribution in [3.8, 4) is 39.8 Å². The molecule has 0 aliphatic carbocycles. The van der Waals surface area contributed by atoms with E-state index >= 15 is 8.78 Å². The average Bonchev–Trinajstić information content (AvgIpc) is 3.16. The summed E-state index contributed by atoms with van der Waals surface area (Å²) >= 11 is 0. The van der Waals surface area contributed by atoms with Crippen LogP contribution >= 0.6 is 0 Å². The molecule has 6 nitrogen and oxygen atoms in total. The normalized spacial score (nSPS) is 10.7. The van der Waals surface area contributed by atoms with Crippen LogP contribution in [-0.4, -0.2) is 17.3 Å². The van der Waals surface area contributed by atoms with Gasteiger partial charge in [0.1, 0.15) is 11.6 Å². The van der Waals surface area contributed by atoms with E-state index in [9.17, 15) is 4.79 Å². The van der Waals surface area contributed by atoms with Crippen LogP contribution in [0.5, 0.6) is 17.4 Å². The number of para-hydroxylation sites is 1. The molecule has 0 aliphatic heterocycles. The molecule has 1 N–H and O–H groups in total. The Labute approximate surface area is 163 Å². The minimum absolute atomic E-state index is 0.0273. The zero-order valence-corrected chi connectivity index (χ0v) is 15.1. The maximum Gasteiger partial charge on any atom is 0.280 e. The van der Waals surface area contributed by atoms with E-state index in [0.717, 1.165) is 12.1 Å². The van der Waals surface area contributed by atoms with Crippen LogP contribution in [0.15, 0.2) is 70.1 Å². The summed E-state index contributed by atoms with van der Waals surface area (Å²) in [4.78, 5) is 15.4. The van der Waals surface area contributed by atoms with Gasteiger partial charge >= 0.3 is 0 Å².